The lowest BCUT2D eigenvalue weighted by molar-refractivity contribution is 0.103. The lowest BCUT2D eigenvalue weighted by atomic mass is 9.90. The summed E-state index contributed by atoms with van der Waals surface area (Å²) in [5.41, 5.74) is 4.61. The van der Waals surface area contributed by atoms with Crippen LogP contribution >= 0.6 is 11.3 Å². The molecule has 0 saturated carbocycles. The highest BCUT2D eigenvalue weighted by atomic mass is 32.1. The molecule has 1 N–H and O–H groups in total. The fourth-order valence-electron chi connectivity index (χ4n) is 3.06. The van der Waals surface area contributed by atoms with E-state index in [1.54, 1.807) is 11.3 Å². The zero-order valence-corrected chi connectivity index (χ0v) is 13.6. The summed E-state index contributed by atoms with van der Waals surface area (Å²) in [5, 5.41) is 3.03. The summed E-state index contributed by atoms with van der Waals surface area (Å²) in [6.45, 7) is 6.39. The summed E-state index contributed by atoms with van der Waals surface area (Å²) < 4.78 is 0. The number of nitrogens with one attached hydrogen (secondary N) is 1. The number of hydrogen-bond donors (Lipinski definition) is 1. The summed E-state index contributed by atoms with van der Waals surface area (Å²) in [4.78, 5) is 14.7. The maximum atomic E-state index is 12.4. The molecule has 1 atom stereocenters. The Kier molecular flexibility index (Phi) is 3.85. The van der Waals surface area contributed by atoms with Gasteiger partial charge in [0.05, 0.1) is 4.88 Å². The molecule has 0 radical (unpaired) electrons. The first-order valence-electron chi connectivity index (χ1n) is 7.52. The summed E-state index contributed by atoms with van der Waals surface area (Å²) in [6, 6.07) is 8.23. The van der Waals surface area contributed by atoms with Crippen LogP contribution in [0.1, 0.15) is 44.6 Å². The van der Waals surface area contributed by atoms with Crippen molar-refractivity contribution in [2.24, 2.45) is 5.92 Å². The van der Waals surface area contributed by atoms with Crippen molar-refractivity contribution in [3.63, 3.8) is 0 Å². The Balaban J connectivity index is 1.79. The minimum Gasteiger partial charge on any atom is -0.321 e. The van der Waals surface area contributed by atoms with E-state index < -0.39 is 0 Å². The highest BCUT2D eigenvalue weighted by molar-refractivity contribution is 7.14. The average Bonchev–Trinajstić information content (AvgIpc) is 2.80. The molecule has 0 spiro atoms. The van der Waals surface area contributed by atoms with Crippen molar-refractivity contribution in [3.8, 4) is 0 Å². The average molecular weight is 299 g/mol. The van der Waals surface area contributed by atoms with Gasteiger partial charge < -0.3 is 5.32 Å². The lowest BCUT2D eigenvalue weighted by Crippen LogP contribution is -2.10. The van der Waals surface area contributed by atoms with Gasteiger partial charge in [0.1, 0.15) is 0 Å². The van der Waals surface area contributed by atoms with E-state index in [-0.39, 0.29) is 5.91 Å². The molecular formula is C18H21NOS. The molecular weight excluding hydrogens is 278 g/mol. The van der Waals surface area contributed by atoms with Crippen LogP contribution in [0.4, 0.5) is 5.69 Å². The molecule has 2 aromatic rings. The Bertz CT molecular complexity index is 666. The molecule has 0 aliphatic heterocycles. The van der Waals surface area contributed by atoms with Gasteiger partial charge in [0, 0.05) is 10.6 Å². The van der Waals surface area contributed by atoms with E-state index in [2.05, 4.69) is 24.4 Å². The van der Waals surface area contributed by atoms with Crippen molar-refractivity contribution < 1.29 is 4.79 Å². The number of anilines is 1. The standard InChI is InChI=1S/C18H21NOS/c1-11-4-5-16-14(7-11)10-17(21-16)18(20)19-15-8-12(2)6-13(3)9-15/h6,8-11H,4-5,7H2,1-3H3,(H,19,20)/t11-/m0/s1. The number of rotatable bonds is 2. The van der Waals surface area contributed by atoms with Crippen LogP contribution in [0, 0.1) is 19.8 Å². The summed E-state index contributed by atoms with van der Waals surface area (Å²) >= 11 is 1.66. The van der Waals surface area contributed by atoms with Gasteiger partial charge in [-0.2, -0.15) is 0 Å². The molecule has 21 heavy (non-hydrogen) atoms. The van der Waals surface area contributed by atoms with Crippen molar-refractivity contribution >= 4 is 22.9 Å². The fraction of sp³-hybridized carbons (Fsp3) is 0.389. The van der Waals surface area contributed by atoms with E-state index in [0.29, 0.717) is 0 Å². The number of aryl methyl sites for hydroxylation is 3. The number of thiophene rings is 1. The Hall–Kier alpha value is -1.61. The van der Waals surface area contributed by atoms with Gasteiger partial charge in [-0.15, -0.1) is 11.3 Å². The highest BCUT2D eigenvalue weighted by Gasteiger charge is 2.20. The van der Waals surface area contributed by atoms with Gasteiger partial charge >= 0.3 is 0 Å². The molecule has 0 bridgehead atoms. The Labute approximate surface area is 130 Å². The normalized spacial score (nSPS) is 17.4. The second-order valence-electron chi connectivity index (χ2n) is 6.24. The van der Waals surface area contributed by atoms with Gasteiger partial charge in [0.25, 0.3) is 5.91 Å². The topological polar surface area (TPSA) is 29.1 Å². The minimum atomic E-state index is 0.0204. The van der Waals surface area contributed by atoms with Crippen LogP contribution in [-0.2, 0) is 12.8 Å². The third-order valence-corrected chi connectivity index (χ3v) is 5.27. The van der Waals surface area contributed by atoms with Crippen molar-refractivity contribution in [1.82, 2.24) is 0 Å². The maximum Gasteiger partial charge on any atom is 0.265 e. The van der Waals surface area contributed by atoms with Crippen LogP contribution < -0.4 is 5.32 Å². The van der Waals surface area contributed by atoms with Gasteiger partial charge in [0.15, 0.2) is 0 Å². The van der Waals surface area contributed by atoms with Gasteiger partial charge in [-0.3, -0.25) is 4.79 Å². The number of carbonyl (C=O) groups excluding carboxylic acids is 1. The van der Waals surface area contributed by atoms with Crippen molar-refractivity contribution in [1.29, 1.82) is 0 Å². The number of fused-ring (bicyclic) bond motifs is 1. The second kappa shape index (κ2) is 5.64. The first-order valence-corrected chi connectivity index (χ1v) is 8.34. The maximum absolute atomic E-state index is 12.4. The molecule has 1 aliphatic rings. The Morgan fingerprint density at radius 3 is 2.62 bits per heavy atom. The molecule has 0 unspecified atom stereocenters. The predicted octanol–water partition coefficient (Wildman–Crippen LogP) is 4.74. The highest BCUT2D eigenvalue weighted by Crippen LogP contribution is 2.32. The number of benzene rings is 1. The van der Waals surface area contributed by atoms with Crippen LogP contribution in [0.5, 0.6) is 0 Å². The first-order chi connectivity index (χ1) is 10.0. The van der Waals surface area contributed by atoms with E-state index in [1.807, 2.05) is 26.0 Å². The summed E-state index contributed by atoms with van der Waals surface area (Å²) in [7, 11) is 0. The van der Waals surface area contributed by atoms with E-state index in [9.17, 15) is 4.79 Å². The molecule has 1 heterocycles. The van der Waals surface area contributed by atoms with Gasteiger partial charge in [0.2, 0.25) is 0 Å². The van der Waals surface area contributed by atoms with E-state index in [4.69, 9.17) is 0 Å². The summed E-state index contributed by atoms with van der Waals surface area (Å²) in [5.74, 6) is 0.759. The molecule has 0 fully saturated rings. The van der Waals surface area contributed by atoms with E-state index in [1.165, 1.54) is 28.0 Å². The Morgan fingerprint density at radius 2 is 1.90 bits per heavy atom. The summed E-state index contributed by atoms with van der Waals surface area (Å²) in [6.07, 6.45) is 3.48. The third kappa shape index (κ3) is 3.18. The van der Waals surface area contributed by atoms with E-state index in [0.717, 1.165) is 29.3 Å². The van der Waals surface area contributed by atoms with Crippen LogP contribution in [-0.4, -0.2) is 5.91 Å². The van der Waals surface area contributed by atoms with Crippen LogP contribution in [0.2, 0.25) is 0 Å². The fourth-order valence-corrected chi connectivity index (χ4v) is 4.16. The first kappa shape index (κ1) is 14.3. The molecule has 1 aromatic carbocycles. The quantitative estimate of drug-likeness (QED) is 0.852. The van der Waals surface area contributed by atoms with Crippen LogP contribution in [0.3, 0.4) is 0 Å². The number of hydrogen-bond acceptors (Lipinski definition) is 2. The molecule has 1 aromatic heterocycles. The van der Waals surface area contributed by atoms with Gasteiger partial charge in [-0.25, -0.2) is 0 Å². The zero-order chi connectivity index (χ0) is 15.0. The van der Waals surface area contributed by atoms with Crippen molar-refractivity contribution in [2.45, 2.75) is 40.0 Å². The number of amides is 1. The molecule has 1 amide bonds. The molecule has 2 nitrogen and oxygen atoms in total. The SMILES string of the molecule is Cc1cc(C)cc(NC(=O)c2cc3c(s2)CC[C@H](C)C3)c1. The lowest BCUT2D eigenvalue weighted by Gasteiger charge is -2.16. The molecule has 110 valence electrons. The smallest absolute Gasteiger partial charge is 0.265 e. The van der Waals surface area contributed by atoms with E-state index >= 15 is 0 Å². The van der Waals surface area contributed by atoms with Gasteiger partial charge in [-0.05, 0) is 73.9 Å². The monoisotopic (exact) mass is 299 g/mol. The molecule has 3 heteroatoms. The van der Waals surface area contributed by atoms with Crippen molar-refractivity contribution in [3.05, 3.63) is 50.7 Å². The zero-order valence-electron chi connectivity index (χ0n) is 12.8. The van der Waals surface area contributed by atoms with Gasteiger partial charge in [-0.1, -0.05) is 13.0 Å². The second-order valence-corrected chi connectivity index (χ2v) is 7.37. The Morgan fingerprint density at radius 1 is 1.19 bits per heavy atom. The molecule has 1 aliphatic carbocycles. The van der Waals surface area contributed by atoms with Crippen LogP contribution in [0.25, 0.3) is 0 Å². The van der Waals surface area contributed by atoms with Crippen molar-refractivity contribution in [2.75, 3.05) is 5.32 Å². The predicted molar refractivity (Wildman–Crippen MR) is 89.4 cm³/mol. The largest absolute Gasteiger partial charge is 0.321 e. The van der Waals surface area contributed by atoms with Crippen LogP contribution in [0.15, 0.2) is 24.3 Å². The third-order valence-electron chi connectivity index (χ3n) is 4.03. The molecule has 3 rings (SSSR count). The number of carbonyl (C=O) groups is 1. The molecule has 0 saturated heterocycles. The minimum absolute atomic E-state index is 0.0204.